The number of carbonyl (C=O) groups excluding carboxylic acids is 6. The van der Waals surface area contributed by atoms with Gasteiger partial charge in [0.2, 0.25) is 29.5 Å². The van der Waals surface area contributed by atoms with E-state index in [1.54, 1.807) is 43.9 Å². The zero-order chi connectivity index (χ0) is 65.0. The number of rotatable bonds is 32. The molecule has 27 heteroatoms. The summed E-state index contributed by atoms with van der Waals surface area (Å²) in [7, 11) is 0. The van der Waals surface area contributed by atoms with Crippen LogP contribution in [0.5, 0.6) is 5.75 Å². The fraction of sp³-hybridized carbons (Fsp3) is 0.603. The molecular weight excluding hydrogens is 1170 g/mol. The molecule has 1 aromatic heterocycles. The van der Waals surface area contributed by atoms with E-state index in [4.69, 9.17) is 4.74 Å². The number of benzene rings is 2. The summed E-state index contributed by atoms with van der Waals surface area (Å²) in [4.78, 5) is 129. The van der Waals surface area contributed by atoms with Gasteiger partial charge in [-0.15, -0.1) is 0 Å². The van der Waals surface area contributed by atoms with Crippen molar-refractivity contribution in [2.24, 2.45) is 5.92 Å². The molecule has 3 saturated heterocycles. The number of alkyl halides is 2. The molecular formula is C63H88F2N12O13. The first kappa shape index (κ1) is 71.1. The van der Waals surface area contributed by atoms with Gasteiger partial charge in [0.15, 0.2) is 0 Å². The molecule has 1 unspecified atom stereocenters. The second-order valence-electron chi connectivity index (χ2n) is 23.6. The van der Waals surface area contributed by atoms with Crippen LogP contribution in [0.4, 0.5) is 8.78 Å². The van der Waals surface area contributed by atoms with E-state index in [9.17, 15) is 72.5 Å². The average molecular weight is 1260 g/mol. The molecule has 25 nitrogen and oxygen atoms in total. The van der Waals surface area contributed by atoms with E-state index < -0.39 is 79.1 Å². The van der Waals surface area contributed by atoms with Crippen molar-refractivity contribution < 1.29 is 72.0 Å². The van der Waals surface area contributed by atoms with Gasteiger partial charge >= 0.3 is 17.9 Å². The molecule has 0 aliphatic carbocycles. The summed E-state index contributed by atoms with van der Waals surface area (Å²) in [6, 6.07) is 14.3. The Hall–Kier alpha value is -7.93. The number of halogens is 2. The highest BCUT2D eigenvalue weighted by Gasteiger charge is 2.47. The second-order valence-corrected chi connectivity index (χ2v) is 23.6. The highest BCUT2D eigenvalue weighted by molar-refractivity contribution is 6.07. The Labute approximate surface area is 523 Å². The van der Waals surface area contributed by atoms with Gasteiger partial charge in [-0.2, -0.15) is 5.26 Å². The number of amides is 6. The Morgan fingerprint density at radius 1 is 0.689 bits per heavy atom. The number of pyridine rings is 1. The van der Waals surface area contributed by atoms with Crippen molar-refractivity contribution in [3.8, 4) is 11.8 Å². The lowest BCUT2D eigenvalue weighted by Gasteiger charge is -2.33. The third kappa shape index (κ3) is 25.2. The van der Waals surface area contributed by atoms with Gasteiger partial charge in [0, 0.05) is 109 Å². The first-order valence-corrected chi connectivity index (χ1v) is 31.2. The van der Waals surface area contributed by atoms with Crippen molar-refractivity contribution in [3.05, 3.63) is 71.4 Å². The van der Waals surface area contributed by atoms with Crippen LogP contribution < -0.4 is 26.0 Å². The summed E-state index contributed by atoms with van der Waals surface area (Å²) in [5.41, 5.74) is 3.02. The smallest absolute Gasteiger partial charge is 0.317 e. The third-order valence-electron chi connectivity index (χ3n) is 16.5. The molecule has 0 spiro atoms. The zero-order valence-electron chi connectivity index (χ0n) is 51.5. The predicted molar refractivity (Wildman–Crippen MR) is 327 cm³/mol. The molecule has 6 amide bonds. The number of nitriles is 1. The van der Waals surface area contributed by atoms with Crippen molar-refractivity contribution in [1.29, 1.82) is 5.26 Å². The summed E-state index contributed by atoms with van der Waals surface area (Å²) < 4.78 is 33.9. The Morgan fingerprint density at radius 3 is 1.91 bits per heavy atom. The van der Waals surface area contributed by atoms with Crippen molar-refractivity contribution in [2.45, 2.75) is 115 Å². The number of aromatic nitrogens is 1. The van der Waals surface area contributed by atoms with Crippen LogP contribution in [-0.4, -0.2) is 245 Å². The number of hydrogen-bond donors (Lipinski definition) is 7. The summed E-state index contributed by atoms with van der Waals surface area (Å²) in [5.74, 6) is -7.82. The molecule has 3 aliphatic rings. The van der Waals surface area contributed by atoms with Crippen molar-refractivity contribution in [3.63, 3.8) is 0 Å². The minimum Gasteiger partial charge on any atom is -0.494 e. The molecule has 3 aromatic rings. The molecule has 0 bridgehead atoms. The molecule has 3 fully saturated rings. The minimum atomic E-state index is -3.18. The summed E-state index contributed by atoms with van der Waals surface area (Å²) in [6.45, 7) is 3.42. The Bertz CT molecular complexity index is 2910. The van der Waals surface area contributed by atoms with E-state index in [2.05, 4.69) is 26.3 Å². The first-order chi connectivity index (χ1) is 43.1. The maximum absolute atomic E-state index is 13.9. The highest BCUT2D eigenvalue weighted by atomic mass is 19.3. The molecule has 0 saturated carbocycles. The number of likely N-dealkylation sites (tertiary alicyclic amines) is 2. The van der Waals surface area contributed by atoms with E-state index in [0.29, 0.717) is 93.8 Å². The number of nitrogens with one attached hydrogen (secondary N) is 4. The van der Waals surface area contributed by atoms with Crippen molar-refractivity contribution >= 4 is 64.3 Å². The molecule has 492 valence electrons. The van der Waals surface area contributed by atoms with Crippen LogP contribution in [0.1, 0.15) is 105 Å². The Balaban J connectivity index is 0.922. The lowest BCUT2D eigenvalue weighted by atomic mass is 9.92. The average Bonchev–Trinajstić information content (AvgIpc) is 1.41. The molecule has 6 rings (SSSR count). The molecule has 2 atom stereocenters. The molecule has 7 N–H and O–H groups in total. The first-order valence-electron chi connectivity index (χ1n) is 31.2. The fourth-order valence-electron chi connectivity index (χ4n) is 11.4. The SMILES string of the molecule is Cc1ccc(CCCC(=O)NCCCC(NC(=O)CN2CCN(CC(=O)O)CCN(CC(=O)O)CCN(CC(=O)O)CC2)C(=O)NCCCCCC(=O)N2CCC(CCCOc3ccc4nccc(C(=O)NCC(=O)N5CC(F)(F)C[C@@H]5C#N)c4c3)CC2)cc1. The second kappa shape index (κ2) is 36.7. The number of carboxylic acids is 3. The topological polar surface area (TPSA) is 328 Å². The number of hydrogen-bond acceptors (Lipinski definition) is 16. The van der Waals surface area contributed by atoms with E-state index in [0.717, 1.165) is 48.1 Å². The van der Waals surface area contributed by atoms with Gasteiger partial charge in [-0.05, 0) is 107 Å². The van der Waals surface area contributed by atoms with Gasteiger partial charge in [0.05, 0.1) is 63.0 Å². The Morgan fingerprint density at radius 2 is 1.30 bits per heavy atom. The normalized spacial score (nSPS) is 17.7. The predicted octanol–water partition coefficient (Wildman–Crippen LogP) is 2.99. The number of fused-ring (bicyclic) bond motifs is 1. The molecule has 2 aromatic carbocycles. The number of nitrogens with zero attached hydrogens (tertiary/aromatic N) is 8. The van der Waals surface area contributed by atoms with Gasteiger partial charge in [0.1, 0.15) is 17.8 Å². The van der Waals surface area contributed by atoms with Crippen LogP contribution in [-0.2, 0) is 44.8 Å². The number of carboxylic acid groups (broad SMARTS) is 3. The lowest BCUT2D eigenvalue weighted by molar-refractivity contribution is -0.140. The van der Waals surface area contributed by atoms with Gasteiger partial charge in [-0.1, -0.05) is 36.2 Å². The molecule has 3 aliphatic heterocycles. The van der Waals surface area contributed by atoms with Crippen LogP contribution in [0, 0.1) is 24.2 Å². The van der Waals surface area contributed by atoms with E-state index in [-0.39, 0.29) is 109 Å². The number of carbonyl (C=O) groups is 9. The van der Waals surface area contributed by atoms with Crippen molar-refractivity contribution in [1.82, 2.24) is 55.7 Å². The summed E-state index contributed by atoms with van der Waals surface area (Å²) in [6.07, 6.45) is 8.57. The van der Waals surface area contributed by atoms with Crippen LogP contribution in [0.25, 0.3) is 10.9 Å². The van der Waals surface area contributed by atoms with Crippen LogP contribution in [0.15, 0.2) is 54.7 Å². The van der Waals surface area contributed by atoms with E-state index in [1.807, 2.05) is 36.1 Å². The van der Waals surface area contributed by atoms with Gasteiger partial charge < -0.3 is 51.1 Å². The lowest BCUT2D eigenvalue weighted by Crippen LogP contribution is -2.52. The Kier molecular flexibility index (Phi) is 29.0. The minimum absolute atomic E-state index is 0.0696. The van der Waals surface area contributed by atoms with Gasteiger partial charge in [-0.25, -0.2) is 8.78 Å². The number of ether oxygens (including phenoxy) is 1. The number of piperidine rings is 1. The maximum Gasteiger partial charge on any atom is 0.317 e. The van der Waals surface area contributed by atoms with Crippen LogP contribution >= 0.6 is 0 Å². The zero-order valence-corrected chi connectivity index (χ0v) is 51.5. The number of unbranched alkanes of at least 4 members (excludes halogenated alkanes) is 2. The quantitative estimate of drug-likeness (QED) is 0.0442. The third-order valence-corrected chi connectivity index (χ3v) is 16.5. The number of aryl methyl sites for hydroxylation is 2. The van der Waals surface area contributed by atoms with E-state index >= 15 is 0 Å². The van der Waals surface area contributed by atoms with Crippen molar-refractivity contribution in [2.75, 3.05) is 124 Å². The van der Waals surface area contributed by atoms with Gasteiger partial charge in [0.25, 0.3) is 11.8 Å². The number of aliphatic carboxylic acids is 3. The van der Waals surface area contributed by atoms with Crippen LogP contribution in [0.3, 0.4) is 0 Å². The standard InChI is InChI=1S/C63H88F2N12O13/c1-45-13-15-46(16-14-45)8-5-11-54(78)68-23-6-10-53(71-55(79)40-72-27-29-73(41-58(82)83)31-33-75(43-60(86)87)34-32-74(30-28-72)42-59(84)85)62(89)69-22-4-2-3-12-56(80)76-25-20-47(21-26-76)9-7-35-90-49-17-18-52-51(36-49)50(19-24-67-52)61(88)70-39-57(81)77-44-63(64,65)37-48(77)38-66/h13-19,24,36,47-48,53H,2-12,20-23,25-35,37,39-44H2,1H3,(H,68,78)(H,69,89)(H,70,88)(H,71,79)(H,82,83)(H,84,85)(H,86,87)/t48-,53?/m1/s1. The molecule has 0 radical (unpaired) electrons. The highest BCUT2D eigenvalue weighted by Crippen LogP contribution is 2.32. The van der Waals surface area contributed by atoms with Gasteiger partial charge in [-0.3, -0.25) is 67.7 Å². The summed E-state index contributed by atoms with van der Waals surface area (Å²) in [5, 5.41) is 49.8. The maximum atomic E-state index is 13.9. The monoisotopic (exact) mass is 1260 g/mol. The van der Waals surface area contributed by atoms with Crippen LogP contribution in [0.2, 0.25) is 0 Å². The molecule has 4 heterocycles. The van der Waals surface area contributed by atoms with E-state index in [1.165, 1.54) is 12.3 Å². The fourth-order valence-corrected chi connectivity index (χ4v) is 11.4. The largest absolute Gasteiger partial charge is 0.494 e. The summed E-state index contributed by atoms with van der Waals surface area (Å²) >= 11 is 0. The molecule has 90 heavy (non-hydrogen) atoms.